The fourth-order valence-corrected chi connectivity index (χ4v) is 2.94. The van der Waals surface area contributed by atoms with Crippen molar-refractivity contribution in [2.75, 3.05) is 13.1 Å². The predicted octanol–water partition coefficient (Wildman–Crippen LogP) is 2.82. The topological polar surface area (TPSA) is 94.5 Å². The van der Waals surface area contributed by atoms with Gasteiger partial charge in [0.2, 0.25) is 11.8 Å². The van der Waals surface area contributed by atoms with Gasteiger partial charge in [-0.2, -0.15) is 0 Å². The van der Waals surface area contributed by atoms with Crippen LogP contribution in [0.4, 0.5) is 5.69 Å². The summed E-state index contributed by atoms with van der Waals surface area (Å²) in [6.45, 7) is 7.73. The number of nitro groups is 1. The van der Waals surface area contributed by atoms with E-state index in [1.54, 1.807) is 12.1 Å². The molecule has 1 aromatic heterocycles. The van der Waals surface area contributed by atoms with Gasteiger partial charge in [-0.25, -0.2) is 0 Å². The van der Waals surface area contributed by atoms with Gasteiger partial charge in [-0.1, -0.05) is 0 Å². The highest BCUT2D eigenvalue weighted by molar-refractivity contribution is 5.55. The predicted molar refractivity (Wildman–Crippen MR) is 86.4 cm³/mol. The van der Waals surface area contributed by atoms with Gasteiger partial charge in [-0.15, -0.1) is 10.2 Å². The number of nitro benzene ring substituents is 1. The van der Waals surface area contributed by atoms with Crippen molar-refractivity contribution in [3.05, 3.63) is 40.3 Å². The molecule has 8 nitrogen and oxygen atoms in total. The second kappa shape index (κ2) is 6.66. The van der Waals surface area contributed by atoms with Gasteiger partial charge in [0.25, 0.3) is 5.69 Å². The Balaban J connectivity index is 1.76. The van der Waals surface area contributed by atoms with Crippen molar-refractivity contribution in [2.45, 2.75) is 39.0 Å². The quantitative estimate of drug-likeness (QED) is 0.627. The smallest absolute Gasteiger partial charge is 0.269 e. The average Bonchev–Trinajstić information content (AvgIpc) is 3.03. The van der Waals surface area contributed by atoms with Gasteiger partial charge in [-0.3, -0.25) is 15.0 Å². The summed E-state index contributed by atoms with van der Waals surface area (Å²) in [5.41, 5.74) is 0.693. The molecule has 0 amide bonds. The molecule has 3 rings (SSSR count). The van der Waals surface area contributed by atoms with E-state index in [9.17, 15) is 10.1 Å². The van der Waals surface area contributed by atoms with Gasteiger partial charge in [0.15, 0.2) is 0 Å². The molecule has 24 heavy (non-hydrogen) atoms. The molecule has 0 bridgehead atoms. The van der Waals surface area contributed by atoms with E-state index in [-0.39, 0.29) is 23.9 Å². The number of non-ortho nitro benzene ring substituents is 1. The maximum Gasteiger partial charge on any atom is 0.269 e. The summed E-state index contributed by atoms with van der Waals surface area (Å²) in [5.74, 6) is 0.894. The van der Waals surface area contributed by atoms with Crippen LogP contribution in [-0.2, 0) is 4.74 Å². The van der Waals surface area contributed by atoms with Crippen LogP contribution in [0.3, 0.4) is 0 Å². The Labute approximate surface area is 139 Å². The fraction of sp³-hybridized carbons (Fsp3) is 0.500. The van der Waals surface area contributed by atoms with E-state index in [2.05, 4.69) is 15.1 Å². The molecule has 2 heterocycles. The van der Waals surface area contributed by atoms with Gasteiger partial charge < -0.3 is 9.15 Å². The first-order chi connectivity index (χ1) is 11.4. The summed E-state index contributed by atoms with van der Waals surface area (Å²) in [7, 11) is 0. The molecular formula is C16H20N4O4. The van der Waals surface area contributed by atoms with Gasteiger partial charge >= 0.3 is 0 Å². The molecule has 1 aliphatic rings. The van der Waals surface area contributed by atoms with Crippen molar-refractivity contribution in [3.63, 3.8) is 0 Å². The van der Waals surface area contributed by atoms with Crippen LogP contribution in [0.25, 0.3) is 11.5 Å². The number of aromatic nitrogens is 2. The first kappa shape index (κ1) is 16.5. The summed E-state index contributed by atoms with van der Waals surface area (Å²) in [4.78, 5) is 12.5. The lowest BCUT2D eigenvalue weighted by molar-refractivity contribution is -0.384. The van der Waals surface area contributed by atoms with E-state index in [1.807, 2.05) is 20.8 Å². The van der Waals surface area contributed by atoms with E-state index in [0.717, 1.165) is 13.1 Å². The largest absolute Gasteiger partial charge is 0.419 e. The fourth-order valence-electron chi connectivity index (χ4n) is 2.94. The highest BCUT2D eigenvalue weighted by Gasteiger charge is 2.29. The standard InChI is InChI=1S/C16H20N4O4/c1-10-8-19(9-11(2)23-10)12(3)15-17-18-16(24-15)13-4-6-14(7-5-13)20(21)22/h4-7,10-12H,8-9H2,1-3H3. The molecule has 1 fully saturated rings. The zero-order valence-corrected chi connectivity index (χ0v) is 13.9. The van der Waals surface area contributed by atoms with Gasteiger partial charge in [-0.05, 0) is 32.9 Å². The van der Waals surface area contributed by atoms with Crippen LogP contribution in [0.1, 0.15) is 32.7 Å². The summed E-state index contributed by atoms with van der Waals surface area (Å²) in [6, 6.07) is 6.05. The molecule has 0 radical (unpaired) electrons. The molecule has 0 spiro atoms. The lowest BCUT2D eigenvalue weighted by atomic mass is 10.2. The number of ether oxygens (including phenoxy) is 1. The highest BCUT2D eigenvalue weighted by atomic mass is 16.6. The number of hydrogen-bond donors (Lipinski definition) is 0. The molecule has 1 aliphatic heterocycles. The normalized spacial score (nSPS) is 23.1. The monoisotopic (exact) mass is 332 g/mol. The Bertz CT molecular complexity index is 705. The summed E-state index contributed by atoms with van der Waals surface area (Å²) in [5, 5.41) is 18.9. The maximum absolute atomic E-state index is 10.7. The molecule has 2 aromatic rings. The van der Waals surface area contributed by atoms with E-state index in [4.69, 9.17) is 9.15 Å². The van der Waals surface area contributed by atoms with Crippen molar-refractivity contribution < 1.29 is 14.1 Å². The first-order valence-corrected chi connectivity index (χ1v) is 7.91. The Morgan fingerprint density at radius 3 is 2.42 bits per heavy atom. The van der Waals surface area contributed by atoms with Crippen molar-refractivity contribution in [3.8, 4) is 11.5 Å². The maximum atomic E-state index is 10.7. The van der Waals surface area contributed by atoms with Crippen molar-refractivity contribution in [1.29, 1.82) is 0 Å². The van der Waals surface area contributed by atoms with E-state index >= 15 is 0 Å². The van der Waals surface area contributed by atoms with Gasteiger partial charge in [0.05, 0.1) is 23.2 Å². The van der Waals surface area contributed by atoms with Crippen molar-refractivity contribution in [2.24, 2.45) is 0 Å². The van der Waals surface area contributed by atoms with Gasteiger partial charge in [0.1, 0.15) is 0 Å². The van der Waals surface area contributed by atoms with Crippen LogP contribution in [0, 0.1) is 10.1 Å². The number of benzene rings is 1. The molecule has 3 atom stereocenters. The third-order valence-corrected chi connectivity index (χ3v) is 4.12. The Hall–Kier alpha value is -2.32. The zero-order valence-electron chi connectivity index (χ0n) is 13.9. The summed E-state index contributed by atoms with van der Waals surface area (Å²) >= 11 is 0. The number of morpholine rings is 1. The number of nitrogens with zero attached hydrogens (tertiary/aromatic N) is 4. The number of hydrogen-bond acceptors (Lipinski definition) is 7. The Morgan fingerprint density at radius 1 is 1.21 bits per heavy atom. The molecule has 128 valence electrons. The van der Waals surface area contributed by atoms with Crippen LogP contribution in [0.2, 0.25) is 0 Å². The van der Waals surface area contributed by atoms with Crippen LogP contribution in [0.15, 0.2) is 28.7 Å². The van der Waals surface area contributed by atoms with Crippen molar-refractivity contribution >= 4 is 5.69 Å². The minimum atomic E-state index is -0.439. The summed E-state index contributed by atoms with van der Waals surface area (Å²) < 4.78 is 11.5. The molecule has 0 saturated carbocycles. The van der Waals surface area contributed by atoms with E-state index in [1.165, 1.54) is 12.1 Å². The molecule has 1 aromatic carbocycles. The number of rotatable bonds is 4. The minimum Gasteiger partial charge on any atom is -0.419 e. The SMILES string of the molecule is CC1CN(C(C)c2nnc(-c3ccc([N+](=O)[O-])cc3)o2)CC(C)O1. The molecule has 1 saturated heterocycles. The van der Waals surface area contributed by atoms with E-state index < -0.39 is 4.92 Å². The molecule has 0 N–H and O–H groups in total. The third-order valence-electron chi connectivity index (χ3n) is 4.12. The lowest BCUT2D eigenvalue weighted by Crippen LogP contribution is -2.46. The van der Waals surface area contributed by atoms with Crippen molar-refractivity contribution in [1.82, 2.24) is 15.1 Å². The molecule has 8 heteroatoms. The van der Waals surface area contributed by atoms with Crippen LogP contribution in [0.5, 0.6) is 0 Å². The molecule has 0 aliphatic carbocycles. The summed E-state index contributed by atoms with van der Waals surface area (Å²) in [6.07, 6.45) is 0.321. The van der Waals surface area contributed by atoms with Crippen LogP contribution >= 0.6 is 0 Å². The second-order valence-corrected chi connectivity index (χ2v) is 6.14. The zero-order chi connectivity index (χ0) is 17.3. The molecular weight excluding hydrogens is 312 g/mol. The lowest BCUT2D eigenvalue weighted by Gasteiger charge is -2.37. The van der Waals surface area contributed by atoms with E-state index in [0.29, 0.717) is 17.3 Å². The van der Waals surface area contributed by atoms with Crippen LogP contribution in [-0.4, -0.2) is 45.3 Å². The minimum absolute atomic E-state index is 0.0156. The average molecular weight is 332 g/mol. The van der Waals surface area contributed by atoms with Gasteiger partial charge in [0, 0.05) is 30.8 Å². The Kier molecular flexibility index (Phi) is 4.59. The molecule has 3 unspecified atom stereocenters. The first-order valence-electron chi connectivity index (χ1n) is 7.91. The second-order valence-electron chi connectivity index (χ2n) is 6.14. The van der Waals surface area contributed by atoms with Crippen LogP contribution < -0.4 is 0 Å². The third kappa shape index (κ3) is 3.44. The Morgan fingerprint density at radius 2 is 1.83 bits per heavy atom. The highest BCUT2D eigenvalue weighted by Crippen LogP contribution is 2.27.